The van der Waals surface area contributed by atoms with Crippen molar-refractivity contribution in [1.82, 2.24) is 0 Å². The van der Waals surface area contributed by atoms with Crippen molar-refractivity contribution in [2.75, 3.05) is 25.2 Å². The van der Waals surface area contributed by atoms with Gasteiger partial charge in [0.15, 0.2) is 0 Å². The fraction of sp³-hybridized carbons (Fsp3) is 0.462. The van der Waals surface area contributed by atoms with E-state index < -0.39 is 0 Å². The van der Waals surface area contributed by atoms with Crippen LogP contribution in [-0.2, 0) is 16.0 Å². The number of rotatable bonds is 4. The Bertz CT molecular complexity index is 408. The van der Waals surface area contributed by atoms with E-state index in [-0.39, 0.29) is 10.7 Å². The number of methoxy groups -OCH3 is 1. The predicted octanol–water partition coefficient (Wildman–Crippen LogP) is 2.38. The molecule has 0 bridgehead atoms. The zero-order chi connectivity index (χ0) is 12.3. The molecule has 1 saturated heterocycles. The summed E-state index contributed by atoms with van der Waals surface area (Å²) in [7, 11) is 1.69. The lowest BCUT2D eigenvalue weighted by Gasteiger charge is -2.19. The number of nitrogens with zero attached hydrogens (tertiary/aromatic N) is 1. The maximum absolute atomic E-state index is 12.0. The number of benzene rings is 1. The zero-order valence-electron chi connectivity index (χ0n) is 9.86. The number of para-hydroxylation sites is 1. The molecule has 0 N–H and O–H groups in total. The van der Waals surface area contributed by atoms with Crippen LogP contribution in [-0.4, -0.2) is 31.0 Å². The van der Waals surface area contributed by atoms with Gasteiger partial charge in [-0.3, -0.25) is 4.79 Å². The summed E-state index contributed by atoms with van der Waals surface area (Å²) >= 11 is 3.40. The molecule has 92 valence electrons. The number of carbonyl (C=O) groups is 1. The number of carbonyl (C=O) groups excluding carboxylic acids is 1. The van der Waals surface area contributed by atoms with Crippen molar-refractivity contribution < 1.29 is 9.53 Å². The van der Waals surface area contributed by atoms with Crippen LogP contribution >= 0.6 is 15.9 Å². The topological polar surface area (TPSA) is 29.5 Å². The predicted molar refractivity (Wildman–Crippen MR) is 71.7 cm³/mol. The second-order valence-corrected chi connectivity index (χ2v) is 5.22. The first-order valence-electron chi connectivity index (χ1n) is 5.76. The van der Waals surface area contributed by atoms with Crippen LogP contribution in [0.4, 0.5) is 5.69 Å². The molecule has 2 rings (SSSR count). The third-order valence-electron chi connectivity index (χ3n) is 3.00. The molecule has 0 radical (unpaired) electrons. The van der Waals surface area contributed by atoms with Crippen LogP contribution in [0.1, 0.15) is 12.0 Å². The molecule has 0 spiro atoms. The number of alkyl halides is 1. The lowest BCUT2D eigenvalue weighted by Crippen LogP contribution is -2.28. The number of hydrogen-bond donors (Lipinski definition) is 0. The Morgan fingerprint density at radius 3 is 2.88 bits per heavy atom. The van der Waals surface area contributed by atoms with Gasteiger partial charge in [0.1, 0.15) is 0 Å². The summed E-state index contributed by atoms with van der Waals surface area (Å²) in [6.07, 6.45) is 1.71. The van der Waals surface area contributed by atoms with Crippen molar-refractivity contribution in [3.05, 3.63) is 29.8 Å². The van der Waals surface area contributed by atoms with E-state index in [0.717, 1.165) is 25.1 Å². The minimum absolute atomic E-state index is 0.0296. The normalized spacial score (nSPS) is 20.0. The number of halogens is 1. The van der Waals surface area contributed by atoms with E-state index in [1.807, 2.05) is 23.1 Å². The SMILES string of the molecule is COCCc1ccccc1N1CCC(Br)C1=O. The van der Waals surface area contributed by atoms with Crippen LogP contribution in [0, 0.1) is 0 Å². The molecule has 1 heterocycles. The van der Waals surface area contributed by atoms with Crippen molar-refractivity contribution in [2.45, 2.75) is 17.7 Å². The number of ether oxygens (including phenoxy) is 1. The molecule has 0 aromatic heterocycles. The second-order valence-electron chi connectivity index (χ2n) is 4.12. The van der Waals surface area contributed by atoms with Crippen LogP contribution in [0.2, 0.25) is 0 Å². The highest BCUT2D eigenvalue weighted by molar-refractivity contribution is 9.10. The molecule has 1 amide bonds. The second kappa shape index (κ2) is 5.65. The summed E-state index contributed by atoms with van der Waals surface area (Å²) in [6, 6.07) is 8.04. The Labute approximate surface area is 110 Å². The van der Waals surface area contributed by atoms with Crippen molar-refractivity contribution in [3.8, 4) is 0 Å². The largest absolute Gasteiger partial charge is 0.384 e. The standard InChI is InChI=1S/C13H16BrNO2/c1-17-9-7-10-4-2-3-5-12(10)15-8-6-11(14)13(15)16/h2-5,11H,6-9H2,1H3. The number of hydrogen-bond acceptors (Lipinski definition) is 2. The van der Waals surface area contributed by atoms with Gasteiger partial charge in [-0.15, -0.1) is 0 Å². The van der Waals surface area contributed by atoms with E-state index in [1.165, 1.54) is 5.56 Å². The van der Waals surface area contributed by atoms with Gasteiger partial charge in [0, 0.05) is 19.3 Å². The lowest BCUT2D eigenvalue weighted by molar-refractivity contribution is -0.116. The van der Waals surface area contributed by atoms with E-state index in [4.69, 9.17) is 4.74 Å². The molecule has 17 heavy (non-hydrogen) atoms. The summed E-state index contributed by atoms with van der Waals surface area (Å²) in [4.78, 5) is 13.8. The third-order valence-corrected chi connectivity index (χ3v) is 3.85. The van der Waals surface area contributed by atoms with Crippen LogP contribution in [0.3, 0.4) is 0 Å². The van der Waals surface area contributed by atoms with E-state index in [0.29, 0.717) is 6.61 Å². The highest BCUT2D eigenvalue weighted by atomic mass is 79.9. The quantitative estimate of drug-likeness (QED) is 0.799. The maximum atomic E-state index is 12.0. The Balaban J connectivity index is 2.22. The molecular weight excluding hydrogens is 282 g/mol. The van der Waals surface area contributed by atoms with E-state index >= 15 is 0 Å². The van der Waals surface area contributed by atoms with Gasteiger partial charge in [-0.25, -0.2) is 0 Å². The summed E-state index contributed by atoms with van der Waals surface area (Å²) in [5.74, 6) is 0.162. The van der Waals surface area contributed by atoms with Crippen molar-refractivity contribution >= 4 is 27.5 Å². The minimum Gasteiger partial charge on any atom is -0.384 e. The average molecular weight is 298 g/mol. The summed E-state index contributed by atoms with van der Waals surface area (Å²) < 4.78 is 5.10. The van der Waals surface area contributed by atoms with Crippen LogP contribution in [0.15, 0.2) is 24.3 Å². The van der Waals surface area contributed by atoms with Crippen molar-refractivity contribution in [3.63, 3.8) is 0 Å². The molecule has 1 atom stereocenters. The smallest absolute Gasteiger partial charge is 0.240 e. The summed E-state index contributed by atoms with van der Waals surface area (Å²) in [5, 5.41) is 0. The molecule has 1 aromatic carbocycles. The highest BCUT2D eigenvalue weighted by Gasteiger charge is 2.31. The monoisotopic (exact) mass is 297 g/mol. The van der Waals surface area contributed by atoms with E-state index in [1.54, 1.807) is 7.11 Å². The fourth-order valence-corrected chi connectivity index (χ4v) is 2.53. The zero-order valence-corrected chi connectivity index (χ0v) is 11.4. The highest BCUT2D eigenvalue weighted by Crippen LogP contribution is 2.28. The van der Waals surface area contributed by atoms with Gasteiger partial charge in [-0.1, -0.05) is 34.1 Å². The summed E-state index contributed by atoms with van der Waals surface area (Å²) in [6.45, 7) is 1.47. The summed E-state index contributed by atoms with van der Waals surface area (Å²) in [5.41, 5.74) is 2.20. The van der Waals surface area contributed by atoms with Gasteiger partial charge in [0.2, 0.25) is 5.91 Å². The Morgan fingerprint density at radius 2 is 2.24 bits per heavy atom. The van der Waals surface area contributed by atoms with Gasteiger partial charge in [0.05, 0.1) is 11.4 Å². The van der Waals surface area contributed by atoms with E-state index in [2.05, 4.69) is 22.0 Å². The Morgan fingerprint density at radius 1 is 1.47 bits per heavy atom. The molecule has 3 nitrogen and oxygen atoms in total. The molecule has 1 unspecified atom stereocenters. The number of amides is 1. The lowest BCUT2D eigenvalue weighted by atomic mass is 10.1. The Kier molecular flexibility index (Phi) is 4.18. The first kappa shape index (κ1) is 12.6. The maximum Gasteiger partial charge on any atom is 0.240 e. The molecule has 1 aromatic rings. The van der Waals surface area contributed by atoms with Gasteiger partial charge in [-0.05, 0) is 24.5 Å². The molecule has 4 heteroatoms. The molecule has 0 aliphatic carbocycles. The van der Waals surface area contributed by atoms with E-state index in [9.17, 15) is 4.79 Å². The first-order valence-corrected chi connectivity index (χ1v) is 6.68. The van der Waals surface area contributed by atoms with Crippen LogP contribution in [0.5, 0.6) is 0 Å². The molecule has 1 aliphatic heterocycles. The van der Waals surface area contributed by atoms with Crippen molar-refractivity contribution in [1.29, 1.82) is 0 Å². The van der Waals surface area contributed by atoms with Crippen LogP contribution in [0.25, 0.3) is 0 Å². The molecule has 1 aliphatic rings. The van der Waals surface area contributed by atoms with Gasteiger partial charge in [-0.2, -0.15) is 0 Å². The molecule has 1 fully saturated rings. The first-order chi connectivity index (χ1) is 8.24. The minimum atomic E-state index is -0.0296. The average Bonchev–Trinajstić information content (AvgIpc) is 2.68. The molecular formula is C13H16BrNO2. The molecule has 0 saturated carbocycles. The fourth-order valence-electron chi connectivity index (χ4n) is 2.08. The Hall–Kier alpha value is -0.870. The van der Waals surface area contributed by atoms with Crippen molar-refractivity contribution in [2.24, 2.45) is 0 Å². The van der Waals surface area contributed by atoms with Gasteiger partial charge >= 0.3 is 0 Å². The van der Waals surface area contributed by atoms with Gasteiger partial charge < -0.3 is 9.64 Å². The third kappa shape index (κ3) is 2.69. The number of anilines is 1. The van der Waals surface area contributed by atoms with Gasteiger partial charge in [0.25, 0.3) is 0 Å². The van der Waals surface area contributed by atoms with Crippen LogP contribution < -0.4 is 4.90 Å².